The van der Waals surface area contributed by atoms with Crippen LogP contribution in [0.5, 0.6) is 0 Å². The highest BCUT2D eigenvalue weighted by molar-refractivity contribution is 5.76. The smallest absolute Gasteiger partial charge is 0.295 e. The molecule has 2 aromatic rings. The van der Waals surface area contributed by atoms with E-state index < -0.39 is 0 Å². The number of hydrogen-bond donors (Lipinski definition) is 0. The van der Waals surface area contributed by atoms with E-state index in [1.165, 1.54) is 9.13 Å². The van der Waals surface area contributed by atoms with Crippen LogP contribution in [0.2, 0.25) is 0 Å². The first-order valence-corrected chi connectivity index (χ1v) is 8.17. The van der Waals surface area contributed by atoms with E-state index in [1.54, 1.807) is 25.5 Å². The van der Waals surface area contributed by atoms with E-state index in [4.69, 9.17) is 0 Å². The first-order valence-electron chi connectivity index (χ1n) is 8.17. The summed E-state index contributed by atoms with van der Waals surface area (Å²) >= 11 is 0. The van der Waals surface area contributed by atoms with E-state index in [9.17, 15) is 9.59 Å². The minimum Gasteiger partial charge on any atom is -0.295 e. The molecule has 0 aliphatic rings. The standard InChI is InChI=1S/C17H25N3O2/c1-4-6-7-9-13(8-5-2)20-16(21)14-10-11-18-12-15(14)19(3)17(20)22/h10-13H,4-9H2,1-3H3. The van der Waals surface area contributed by atoms with Crippen LogP contribution in [0.15, 0.2) is 28.0 Å². The quantitative estimate of drug-likeness (QED) is 0.739. The van der Waals surface area contributed by atoms with Crippen LogP contribution in [-0.4, -0.2) is 14.1 Å². The topological polar surface area (TPSA) is 56.9 Å². The molecule has 0 N–H and O–H groups in total. The highest BCUT2D eigenvalue weighted by Gasteiger charge is 2.18. The highest BCUT2D eigenvalue weighted by atomic mass is 16.2. The molecule has 2 rings (SSSR count). The Balaban J connectivity index is 2.57. The van der Waals surface area contributed by atoms with Gasteiger partial charge in [-0.25, -0.2) is 4.79 Å². The lowest BCUT2D eigenvalue weighted by Gasteiger charge is -2.20. The maximum Gasteiger partial charge on any atom is 0.331 e. The number of aromatic nitrogens is 3. The minimum atomic E-state index is -0.236. The predicted molar refractivity (Wildman–Crippen MR) is 89.3 cm³/mol. The first-order chi connectivity index (χ1) is 10.6. The van der Waals surface area contributed by atoms with Gasteiger partial charge < -0.3 is 0 Å². The Labute approximate surface area is 130 Å². The van der Waals surface area contributed by atoms with Gasteiger partial charge in [-0.2, -0.15) is 0 Å². The number of unbranched alkanes of at least 4 members (excludes halogenated alkanes) is 2. The summed E-state index contributed by atoms with van der Waals surface area (Å²) < 4.78 is 2.99. The second kappa shape index (κ2) is 7.38. The summed E-state index contributed by atoms with van der Waals surface area (Å²) in [6, 6.07) is 1.68. The minimum absolute atomic E-state index is 0.0136. The molecule has 0 bridgehead atoms. The van der Waals surface area contributed by atoms with Crippen molar-refractivity contribution in [1.82, 2.24) is 14.1 Å². The second-order valence-electron chi connectivity index (χ2n) is 5.85. The summed E-state index contributed by atoms with van der Waals surface area (Å²) in [4.78, 5) is 29.4. The van der Waals surface area contributed by atoms with E-state index >= 15 is 0 Å². The fraction of sp³-hybridized carbons (Fsp3) is 0.588. The Hall–Kier alpha value is -1.91. The zero-order chi connectivity index (χ0) is 16.1. The van der Waals surface area contributed by atoms with Crippen molar-refractivity contribution in [3.05, 3.63) is 39.3 Å². The molecule has 0 saturated carbocycles. The number of fused-ring (bicyclic) bond motifs is 1. The zero-order valence-electron chi connectivity index (χ0n) is 13.7. The molecule has 0 aliphatic carbocycles. The predicted octanol–water partition coefficient (Wildman–Crippen LogP) is 3.02. The van der Waals surface area contributed by atoms with Gasteiger partial charge in [0, 0.05) is 19.3 Å². The SMILES string of the molecule is CCCCCC(CCC)n1c(=O)c2ccncc2n(C)c1=O. The van der Waals surface area contributed by atoms with Crippen molar-refractivity contribution in [3.8, 4) is 0 Å². The Bertz CT molecular complexity index is 746. The van der Waals surface area contributed by atoms with Crippen molar-refractivity contribution < 1.29 is 0 Å². The second-order valence-corrected chi connectivity index (χ2v) is 5.85. The number of hydrogen-bond acceptors (Lipinski definition) is 3. The van der Waals surface area contributed by atoms with E-state index in [0.717, 1.165) is 38.5 Å². The summed E-state index contributed by atoms with van der Waals surface area (Å²) in [6.07, 6.45) is 9.19. The largest absolute Gasteiger partial charge is 0.331 e. The van der Waals surface area contributed by atoms with Crippen molar-refractivity contribution in [3.63, 3.8) is 0 Å². The zero-order valence-corrected chi connectivity index (χ0v) is 13.7. The molecule has 0 aliphatic heterocycles. The lowest BCUT2D eigenvalue weighted by Crippen LogP contribution is -2.41. The highest BCUT2D eigenvalue weighted by Crippen LogP contribution is 2.19. The van der Waals surface area contributed by atoms with Crippen LogP contribution < -0.4 is 11.2 Å². The Morgan fingerprint density at radius 1 is 1.14 bits per heavy atom. The molecule has 0 aromatic carbocycles. The fourth-order valence-corrected chi connectivity index (χ4v) is 3.00. The molecule has 0 spiro atoms. The third-order valence-corrected chi connectivity index (χ3v) is 4.23. The average Bonchev–Trinajstić information content (AvgIpc) is 2.53. The molecule has 22 heavy (non-hydrogen) atoms. The fourth-order valence-electron chi connectivity index (χ4n) is 3.00. The van der Waals surface area contributed by atoms with Gasteiger partial charge in [-0.1, -0.05) is 39.5 Å². The Morgan fingerprint density at radius 3 is 2.59 bits per heavy atom. The molecule has 1 atom stereocenters. The molecule has 5 heteroatoms. The van der Waals surface area contributed by atoms with Crippen LogP contribution in [-0.2, 0) is 7.05 Å². The van der Waals surface area contributed by atoms with Crippen molar-refractivity contribution in [2.45, 2.75) is 58.4 Å². The van der Waals surface area contributed by atoms with Crippen LogP contribution in [0, 0.1) is 0 Å². The maximum absolute atomic E-state index is 12.8. The molecule has 0 saturated heterocycles. The molecule has 0 radical (unpaired) electrons. The molecule has 0 amide bonds. The number of rotatable bonds is 7. The Morgan fingerprint density at radius 2 is 1.91 bits per heavy atom. The molecule has 5 nitrogen and oxygen atoms in total. The molecule has 2 heterocycles. The summed E-state index contributed by atoms with van der Waals surface area (Å²) in [5, 5.41) is 0.564. The van der Waals surface area contributed by atoms with Gasteiger partial charge in [0.2, 0.25) is 0 Å². The third-order valence-electron chi connectivity index (χ3n) is 4.23. The van der Waals surface area contributed by atoms with Crippen molar-refractivity contribution in [2.75, 3.05) is 0 Å². The molecule has 120 valence electrons. The lowest BCUT2D eigenvalue weighted by atomic mass is 10.0. The normalized spacial score (nSPS) is 12.7. The van der Waals surface area contributed by atoms with Gasteiger partial charge in [0.25, 0.3) is 5.56 Å². The van der Waals surface area contributed by atoms with Gasteiger partial charge in [-0.3, -0.25) is 18.9 Å². The number of nitrogens with zero attached hydrogens (tertiary/aromatic N) is 3. The third kappa shape index (κ3) is 3.13. The summed E-state index contributed by atoms with van der Waals surface area (Å²) in [6.45, 7) is 4.25. The summed E-state index contributed by atoms with van der Waals surface area (Å²) in [5.41, 5.74) is 0.174. The van der Waals surface area contributed by atoms with Crippen molar-refractivity contribution in [2.24, 2.45) is 7.05 Å². The van der Waals surface area contributed by atoms with E-state index in [2.05, 4.69) is 18.8 Å². The van der Waals surface area contributed by atoms with E-state index in [1.807, 2.05) is 0 Å². The van der Waals surface area contributed by atoms with Crippen LogP contribution in [0.4, 0.5) is 0 Å². The number of aryl methyl sites for hydroxylation is 1. The van der Waals surface area contributed by atoms with Crippen molar-refractivity contribution >= 4 is 10.9 Å². The molecule has 0 fully saturated rings. The Kier molecular flexibility index (Phi) is 5.52. The maximum atomic E-state index is 12.8. The molecular weight excluding hydrogens is 278 g/mol. The van der Waals surface area contributed by atoms with Gasteiger partial charge >= 0.3 is 5.69 Å². The van der Waals surface area contributed by atoms with Gasteiger partial charge in [0.05, 0.1) is 17.1 Å². The van der Waals surface area contributed by atoms with Crippen LogP contribution in [0.25, 0.3) is 10.9 Å². The van der Waals surface area contributed by atoms with Gasteiger partial charge in [-0.15, -0.1) is 0 Å². The van der Waals surface area contributed by atoms with Gasteiger partial charge in [0.1, 0.15) is 0 Å². The molecule has 1 unspecified atom stereocenters. The summed E-state index contributed by atoms with van der Waals surface area (Å²) in [7, 11) is 1.71. The van der Waals surface area contributed by atoms with Crippen molar-refractivity contribution in [1.29, 1.82) is 0 Å². The van der Waals surface area contributed by atoms with E-state index in [0.29, 0.717) is 10.9 Å². The molecular formula is C17H25N3O2. The number of pyridine rings is 1. The molecule has 2 aromatic heterocycles. The van der Waals surface area contributed by atoms with Gasteiger partial charge in [-0.05, 0) is 18.9 Å². The average molecular weight is 303 g/mol. The van der Waals surface area contributed by atoms with Crippen LogP contribution in [0.3, 0.4) is 0 Å². The summed E-state index contributed by atoms with van der Waals surface area (Å²) in [5.74, 6) is 0. The first kappa shape index (κ1) is 16.5. The monoisotopic (exact) mass is 303 g/mol. The lowest BCUT2D eigenvalue weighted by molar-refractivity contribution is 0.385. The van der Waals surface area contributed by atoms with E-state index in [-0.39, 0.29) is 17.3 Å². The van der Waals surface area contributed by atoms with Crippen LogP contribution in [0.1, 0.15) is 58.4 Å². The van der Waals surface area contributed by atoms with Crippen LogP contribution >= 0.6 is 0 Å². The van der Waals surface area contributed by atoms with Gasteiger partial charge in [0.15, 0.2) is 0 Å².